The molecule has 0 aliphatic carbocycles. The van der Waals surface area contributed by atoms with Crippen LogP contribution in [0.25, 0.3) is 41.8 Å². The van der Waals surface area contributed by atoms with E-state index in [1.165, 1.54) is 36.3 Å². The number of nitrogens with zero attached hydrogens (tertiary/aromatic N) is 1. The lowest BCUT2D eigenvalue weighted by Crippen LogP contribution is -1.78. The van der Waals surface area contributed by atoms with Crippen molar-refractivity contribution in [3.63, 3.8) is 0 Å². The molecule has 0 N–H and O–H groups in total. The summed E-state index contributed by atoms with van der Waals surface area (Å²) in [6, 6.07) is 21.5. The van der Waals surface area contributed by atoms with Crippen molar-refractivity contribution in [3.8, 4) is 0 Å². The second-order valence-corrected chi connectivity index (χ2v) is 6.33. The topological polar surface area (TPSA) is 12.9 Å². The van der Waals surface area contributed by atoms with Crippen molar-refractivity contribution < 1.29 is 0 Å². The van der Waals surface area contributed by atoms with Gasteiger partial charge < -0.3 is 0 Å². The first-order chi connectivity index (χ1) is 10.4. The zero-order valence-corrected chi connectivity index (χ0v) is 12.0. The molecule has 2 aromatic heterocycles. The Morgan fingerprint density at radius 2 is 1.52 bits per heavy atom. The molecule has 0 amide bonds. The Bertz CT molecular complexity index is 1140. The second kappa shape index (κ2) is 4.03. The Balaban J connectivity index is 2.11. The molecular weight excluding hydrogens is 274 g/mol. The summed E-state index contributed by atoms with van der Waals surface area (Å²) >= 11 is 1.84. The maximum absolute atomic E-state index is 4.60. The van der Waals surface area contributed by atoms with Crippen LogP contribution in [0.5, 0.6) is 0 Å². The van der Waals surface area contributed by atoms with Crippen LogP contribution in [0.2, 0.25) is 0 Å². The van der Waals surface area contributed by atoms with Crippen LogP contribution in [0, 0.1) is 0 Å². The van der Waals surface area contributed by atoms with Crippen LogP contribution in [-0.4, -0.2) is 4.98 Å². The zero-order chi connectivity index (χ0) is 13.8. The highest BCUT2D eigenvalue weighted by molar-refractivity contribution is 7.26. The molecule has 0 bridgehead atoms. The number of benzene rings is 3. The van der Waals surface area contributed by atoms with E-state index in [9.17, 15) is 0 Å². The third kappa shape index (κ3) is 1.48. The molecule has 0 spiro atoms. The Kier molecular flexibility index (Phi) is 2.15. The number of hydrogen-bond donors (Lipinski definition) is 0. The molecule has 0 aliphatic heterocycles. The van der Waals surface area contributed by atoms with Gasteiger partial charge in [-0.3, -0.25) is 4.98 Å². The summed E-state index contributed by atoms with van der Waals surface area (Å²) in [5, 5.41) is 6.56. The molecule has 21 heavy (non-hydrogen) atoms. The van der Waals surface area contributed by atoms with Gasteiger partial charge >= 0.3 is 0 Å². The van der Waals surface area contributed by atoms with Crippen LogP contribution in [0.1, 0.15) is 0 Å². The van der Waals surface area contributed by atoms with Gasteiger partial charge in [-0.2, -0.15) is 0 Å². The summed E-state index contributed by atoms with van der Waals surface area (Å²) in [5.74, 6) is 0. The molecule has 0 saturated heterocycles. The number of fused-ring (bicyclic) bond motifs is 7. The summed E-state index contributed by atoms with van der Waals surface area (Å²) in [4.78, 5) is 4.60. The first kappa shape index (κ1) is 11.2. The number of hydrogen-bond acceptors (Lipinski definition) is 2. The highest BCUT2D eigenvalue weighted by atomic mass is 32.1. The molecule has 1 nitrogen and oxygen atoms in total. The number of para-hydroxylation sites is 1. The molecule has 0 aliphatic rings. The largest absolute Gasteiger partial charge is 0.255 e. The monoisotopic (exact) mass is 285 g/mol. The van der Waals surface area contributed by atoms with E-state index in [0.717, 1.165) is 5.52 Å². The highest BCUT2D eigenvalue weighted by Crippen LogP contribution is 2.40. The fourth-order valence-corrected chi connectivity index (χ4v) is 4.36. The van der Waals surface area contributed by atoms with Crippen molar-refractivity contribution in [2.75, 3.05) is 0 Å². The molecular formula is C19H11NS. The fourth-order valence-electron chi connectivity index (χ4n) is 3.14. The molecule has 0 radical (unpaired) electrons. The fraction of sp³-hybridized carbons (Fsp3) is 0. The molecule has 98 valence electrons. The molecule has 0 fully saturated rings. The quantitative estimate of drug-likeness (QED) is 0.353. The Morgan fingerprint density at radius 1 is 0.714 bits per heavy atom. The first-order valence-corrected chi connectivity index (χ1v) is 7.81. The third-order valence-electron chi connectivity index (χ3n) is 4.10. The minimum Gasteiger partial charge on any atom is -0.255 e. The maximum Gasteiger partial charge on any atom is 0.0709 e. The van der Waals surface area contributed by atoms with Gasteiger partial charge in [0.2, 0.25) is 0 Å². The van der Waals surface area contributed by atoms with Crippen LogP contribution in [-0.2, 0) is 0 Å². The highest BCUT2D eigenvalue weighted by Gasteiger charge is 2.11. The minimum atomic E-state index is 1.07. The van der Waals surface area contributed by atoms with Crippen LogP contribution in [0.4, 0.5) is 0 Å². The Morgan fingerprint density at radius 3 is 2.48 bits per heavy atom. The lowest BCUT2D eigenvalue weighted by atomic mass is 10.0. The van der Waals surface area contributed by atoms with Crippen molar-refractivity contribution in [2.24, 2.45) is 0 Å². The minimum absolute atomic E-state index is 1.07. The normalized spacial score (nSPS) is 11.8. The van der Waals surface area contributed by atoms with E-state index in [0.29, 0.717) is 0 Å². The summed E-state index contributed by atoms with van der Waals surface area (Å²) in [5.41, 5.74) is 1.07. The van der Waals surface area contributed by atoms with Crippen LogP contribution in [0.15, 0.2) is 66.9 Å². The number of pyridine rings is 1. The van der Waals surface area contributed by atoms with Gasteiger partial charge in [0.25, 0.3) is 0 Å². The summed E-state index contributed by atoms with van der Waals surface area (Å²) in [6.07, 6.45) is 2.01. The SMILES string of the molecule is c1ccc2c(c1)ccc1c2sc2cnc3ccccc3c21. The van der Waals surface area contributed by atoms with E-state index in [1.54, 1.807) is 0 Å². The van der Waals surface area contributed by atoms with Gasteiger partial charge in [0, 0.05) is 27.1 Å². The van der Waals surface area contributed by atoms with Crippen molar-refractivity contribution in [2.45, 2.75) is 0 Å². The first-order valence-electron chi connectivity index (χ1n) is 6.99. The van der Waals surface area contributed by atoms with Gasteiger partial charge in [-0.05, 0) is 16.8 Å². The summed E-state index contributed by atoms with van der Waals surface area (Å²) < 4.78 is 2.63. The molecule has 5 rings (SSSR count). The Hall–Kier alpha value is -2.45. The Labute approximate surface area is 125 Å². The zero-order valence-electron chi connectivity index (χ0n) is 11.2. The second-order valence-electron chi connectivity index (χ2n) is 5.28. The van der Waals surface area contributed by atoms with Gasteiger partial charge in [0.1, 0.15) is 0 Å². The molecule has 0 unspecified atom stereocenters. The number of rotatable bonds is 0. The van der Waals surface area contributed by atoms with E-state index in [4.69, 9.17) is 0 Å². The predicted molar refractivity (Wildman–Crippen MR) is 92.1 cm³/mol. The third-order valence-corrected chi connectivity index (χ3v) is 5.28. The summed E-state index contributed by atoms with van der Waals surface area (Å²) in [7, 11) is 0. The van der Waals surface area contributed by atoms with Gasteiger partial charge in [-0.25, -0.2) is 0 Å². The van der Waals surface area contributed by atoms with E-state index in [1.807, 2.05) is 23.6 Å². The van der Waals surface area contributed by atoms with Gasteiger partial charge in [0.05, 0.1) is 10.2 Å². The van der Waals surface area contributed by atoms with E-state index >= 15 is 0 Å². The average molecular weight is 285 g/mol. The van der Waals surface area contributed by atoms with Crippen LogP contribution in [0.3, 0.4) is 0 Å². The van der Waals surface area contributed by atoms with Gasteiger partial charge in [0.15, 0.2) is 0 Å². The summed E-state index contributed by atoms with van der Waals surface area (Å²) in [6.45, 7) is 0. The molecule has 2 heterocycles. The van der Waals surface area contributed by atoms with E-state index in [-0.39, 0.29) is 0 Å². The van der Waals surface area contributed by atoms with Gasteiger partial charge in [-0.15, -0.1) is 11.3 Å². The van der Waals surface area contributed by atoms with E-state index < -0.39 is 0 Å². The van der Waals surface area contributed by atoms with Crippen molar-refractivity contribution >= 4 is 53.2 Å². The lowest BCUT2D eigenvalue weighted by Gasteiger charge is -2.00. The van der Waals surface area contributed by atoms with Crippen molar-refractivity contribution in [1.82, 2.24) is 4.98 Å². The molecule has 0 saturated carbocycles. The standard InChI is InChI=1S/C19H11NS/c1-2-6-13-12(5-1)9-10-15-18-14-7-3-4-8-16(14)20-11-17(18)21-19(13)15/h1-11H. The molecule has 3 aromatic carbocycles. The van der Waals surface area contributed by atoms with Crippen molar-refractivity contribution in [3.05, 3.63) is 66.9 Å². The molecule has 5 aromatic rings. The molecule has 0 atom stereocenters. The average Bonchev–Trinajstić information content (AvgIpc) is 2.94. The van der Waals surface area contributed by atoms with E-state index in [2.05, 4.69) is 59.6 Å². The molecule has 2 heteroatoms. The van der Waals surface area contributed by atoms with Crippen LogP contribution >= 0.6 is 11.3 Å². The van der Waals surface area contributed by atoms with Crippen LogP contribution < -0.4 is 0 Å². The number of aromatic nitrogens is 1. The smallest absolute Gasteiger partial charge is 0.0709 e. The predicted octanol–water partition coefficient (Wildman–Crippen LogP) is 5.76. The van der Waals surface area contributed by atoms with Crippen molar-refractivity contribution in [1.29, 1.82) is 0 Å². The lowest BCUT2D eigenvalue weighted by molar-refractivity contribution is 1.46. The maximum atomic E-state index is 4.60. The number of thiophene rings is 1. The van der Waals surface area contributed by atoms with Gasteiger partial charge in [-0.1, -0.05) is 54.6 Å².